The second-order valence-electron chi connectivity index (χ2n) is 11.9. The Kier molecular flexibility index (Phi) is 7.30. The minimum Gasteiger partial charge on any atom is -0.340 e. The summed E-state index contributed by atoms with van der Waals surface area (Å²) in [6.07, 6.45) is 7.10. The monoisotopic (exact) mass is 548 g/mol. The van der Waals surface area contributed by atoms with Crippen molar-refractivity contribution in [3.05, 3.63) is 131 Å². The van der Waals surface area contributed by atoms with Gasteiger partial charge in [0.25, 0.3) is 0 Å². The molecule has 0 spiro atoms. The lowest BCUT2D eigenvalue weighted by molar-refractivity contribution is 0.621. The summed E-state index contributed by atoms with van der Waals surface area (Å²) < 4.78 is 5.06. The van der Waals surface area contributed by atoms with Crippen LogP contribution in [0.4, 0.5) is 0 Å². The standard InChI is InChI=1S/C40H40N2/c1-29-25-26-30(2)32(16-12-14-28-42-39-23-9-5-19-35(39)36-20-6-10-24-40(36)42)31(29)15-11-13-27-41-37-21-7-3-17-33(37)34-18-4-8-22-38(34)41/h3-10,17-26H,11-16,27-28H2,1-2H3. The van der Waals surface area contributed by atoms with Crippen molar-refractivity contribution in [2.45, 2.75) is 65.5 Å². The predicted molar refractivity (Wildman–Crippen MR) is 181 cm³/mol. The molecule has 0 fully saturated rings. The van der Waals surface area contributed by atoms with E-state index in [1.807, 2.05) is 0 Å². The molecule has 0 saturated heterocycles. The largest absolute Gasteiger partial charge is 0.340 e. The van der Waals surface area contributed by atoms with Gasteiger partial charge < -0.3 is 9.13 Å². The van der Waals surface area contributed by atoms with E-state index < -0.39 is 0 Å². The minimum absolute atomic E-state index is 1.06. The van der Waals surface area contributed by atoms with Gasteiger partial charge in [-0.2, -0.15) is 0 Å². The molecule has 0 aliphatic heterocycles. The number of hydrogen-bond donors (Lipinski definition) is 0. The number of aromatic nitrogens is 2. The molecule has 0 aliphatic rings. The molecule has 2 heterocycles. The molecule has 2 heteroatoms. The Balaban J connectivity index is 1.03. The Labute approximate surface area is 249 Å². The topological polar surface area (TPSA) is 9.86 Å². The summed E-state index contributed by atoms with van der Waals surface area (Å²) >= 11 is 0. The molecule has 2 aromatic heterocycles. The van der Waals surface area contributed by atoms with Crippen LogP contribution in [-0.4, -0.2) is 9.13 Å². The van der Waals surface area contributed by atoms with Gasteiger partial charge in [-0.05, 0) is 98.9 Å². The average molecular weight is 549 g/mol. The van der Waals surface area contributed by atoms with Crippen LogP contribution in [0, 0.1) is 13.8 Å². The molecule has 0 saturated carbocycles. The van der Waals surface area contributed by atoms with Crippen molar-refractivity contribution in [2.75, 3.05) is 0 Å². The second-order valence-corrected chi connectivity index (χ2v) is 11.9. The lowest BCUT2D eigenvalue weighted by Gasteiger charge is -2.17. The summed E-state index contributed by atoms with van der Waals surface area (Å²) in [5.74, 6) is 0. The normalized spacial score (nSPS) is 11.9. The van der Waals surface area contributed by atoms with Gasteiger partial charge in [-0.3, -0.25) is 0 Å². The van der Waals surface area contributed by atoms with Gasteiger partial charge in [-0.25, -0.2) is 0 Å². The zero-order valence-electron chi connectivity index (χ0n) is 24.9. The van der Waals surface area contributed by atoms with Crippen molar-refractivity contribution in [1.82, 2.24) is 9.13 Å². The number of hydrogen-bond acceptors (Lipinski definition) is 0. The van der Waals surface area contributed by atoms with E-state index in [4.69, 9.17) is 0 Å². The fraction of sp³-hybridized carbons (Fsp3) is 0.250. The third kappa shape index (κ3) is 4.79. The summed E-state index contributed by atoms with van der Waals surface area (Å²) in [7, 11) is 0. The Bertz CT molecular complexity index is 1770. The van der Waals surface area contributed by atoms with Gasteiger partial charge in [-0.1, -0.05) is 84.9 Å². The maximum Gasteiger partial charge on any atom is 0.0491 e. The number of rotatable bonds is 10. The Morgan fingerprint density at radius 2 is 0.690 bits per heavy atom. The van der Waals surface area contributed by atoms with Crippen molar-refractivity contribution in [2.24, 2.45) is 0 Å². The van der Waals surface area contributed by atoms with Crippen molar-refractivity contribution < 1.29 is 0 Å². The van der Waals surface area contributed by atoms with Gasteiger partial charge in [0, 0.05) is 56.7 Å². The summed E-state index contributed by atoms with van der Waals surface area (Å²) in [5, 5.41) is 5.47. The van der Waals surface area contributed by atoms with Crippen molar-refractivity contribution in [3.8, 4) is 0 Å². The fourth-order valence-electron chi connectivity index (χ4n) is 7.26. The van der Waals surface area contributed by atoms with Crippen LogP contribution >= 0.6 is 0 Å². The maximum atomic E-state index is 2.53. The van der Waals surface area contributed by atoms with Crippen LogP contribution < -0.4 is 0 Å². The smallest absolute Gasteiger partial charge is 0.0491 e. The molecule has 0 unspecified atom stereocenters. The Morgan fingerprint density at radius 3 is 1.02 bits per heavy atom. The number of benzene rings is 5. The molecular weight excluding hydrogens is 508 g/mol. The first-order chi connectivity index (χ1) is 20.7. The highest BCUT2D eigenvalue weighted by atomic mass is 15.0. The van der Waals surface area contributed by atoms with Crippen LogP contribution in [0.5, 0.6) is 0 Å². The van der Waals surface area contributed by atoms with E-state index in [9.17, 15) is 0 Å². The van der Waals surface area contributed by atoms with E-state index in [2.05, 4.69) is 132 Å². The molecule has 7 rings (SSSR count). The first kappa shape index (κ1) is 26.6. The highest BCUT2D eigenvalue weighted by Gasteiger charge is 2.13. The number of nitrogens with zero attached hydrogens (tertiary/aromatic N) is 2. The van der Waals surface area contributed by atoms with Gasteiger partial charge in [0.15, 0.2) is 0 Å². The van der Waals surface area contributed by atoms with Crippen LogP contribution in [0.2, 0.25) is 0 Å². The van der Waals surface area contributed by atoms with Crippen LogP contribution in [0.15, 0.2) is 109 Å². The first-order valence-electron chi connectivity index (χ1n) is 15.7. The third-order valence-corrected chi connectivity index (χ3v) is 9.38. The molecule has 210 valence electrons. The number of para-hydroxylation sites is 4. The van der Waals surface area contributed by atoms with Crippen molar-refractivity contribution in [1.29, 1.82) is 0 Å². The van der Waals surface area contributed by atoms with Gasteiger partial charge in [0.05, 0.1) is 0 Å². The molecule has 0 N–H and O–H groups in total. The van der Waals surface area contributed by atoms with Gasteiger partial charge in [-0.15, -0.1) is 0 Å². The Morgan fingerprint density at radius 1 is 0.381 bits per heavy atom. The lowest BCUT2D eigenvalue weighted by atomic mass is 9.90. The molecule has 0 radical (unpaired) electrons. The Hall–Kier alpha value is -4.30. The van der Waals surface area contributed by atoms with Crippen LogP contribution in [0.3, 0.4) is 0 Å². The fourth-order valence-corrected chi connectivity index (χ4v) is 7.26. The van der Waals surface area contributed by atoms with E-state index in [-0.39, 0.29) is 0 Å². The highest BCUT2D eigenvalue weighted by molar-refractivity contribution is 6.08. The van der Waals surface area contributed by atoms with E-state index in [1.54, 1.807) is 11.1 Å². The zero-order valence-corrected chi connectivity index (χ0v) is 24.9. The molecule has 0 atom stereocenters. The first-order valence-corrected chi connectivity index (χ1v) is 15.7. The van der Waals surface area contributed by atoms with Gasteiger partial charge in [0.1, 0.15) is 0 Å². The molecule has 0 bridgehead atoms. The summed E-state index contributed by atoms with van der Waals surface area (Å²) in [6.45, 7) is 6.74. The molecule has 7 aromatic rings. The van der Waals surface area contributed by atoms with E-state index in [1.165, 1.54) is 80.4 Å². The van der Waals surface area contributed by atoms with Crippen LogP contribution in [-0.2, 0) is 25.9 Å². The highest BCUT2D eigenvalue weighted by Crippen LogP contribution is 2.31. The number of fused-ring (bicyclic) bond motifs is 6. The van der Waals surface area contributed by atoms with E-state index in [0.29, 0.717) is 0 Å². The number of unbranched alkanes of at least 4 members (excludes halogenated alkanes) is 2. The lowest BCUT2D eigenvalue weighted by Crippen LogP contribution is -2.04. The molecule has 0 amide bonds. The minimum atomic E-state index is 1.06. The predicted octanol–water partition coefficient (Wildman–Crippen LogP) is 10.6. The zero-order chi connectivity index (χ0) is 28.5. The molecule has 0 aliphatic carbocycles. The summed E-state index contributed by atoms with van der Waals surface area (Å²) in [4.78, 5) is 0. The quantitative estimate of drug-likeness (QED) is 0.150. The third-order valence-electron chi connectivity index (χ3n) is 9.38. The maximum absolute atomic E-state index is 2.53. The van der Waals surface area contributed by atoms with Crippen LogP contribution in [0.25, 0.3) is 43.6 Å². The molecule has 2 nitrogen and oxygen atoms in total. The van der Waals surface area contributed by atoms with Crippen molar-refractivity contribution >= 4 is 43.6 Å². The molecule has 5 aromatic carbocycles. The second kappa shape index (κ2) is 11.5. The summed E-state index contributed by atoms with van der Waals surface area (Å²) in [5.41, 5.74) is 11.5. The van der Waals surface area contributed by atoms with Gasteiger partial charge >= 0.3 is 0 Å². The molecule has 42 heavy (non-hydrogen) atoms. The van der Waals surface area contributed by atoms with E-state index in [0.717, 1.165) is 25.9 Å². The van der Waals surface area contributed by atoms with E-state index >= 15 is 0 Å². The number of aryl methyl sites for hydroxylation is 4. The van der Waals surface area contributed by atoms with Crippen LogP contribution in [0.1, 0.15) is 47.9 Å². The average Bonchev–Trinajstić information content (AvgIpc) is 3.52. The van der Waals surface area contributed by atoms with Crippen molar-refractivity contribution in [3.63, 3.8) is 0 Å². The molecular formula is C40H40N2. The summed E-state index contributed by atoms with van der Waals surface area (Å²) in [6, 6.07) is 40.1. The van der Waals surface area contributed by atoms with Gasteiger partial charge in [0.2, 0.25) is 0 Å². The SMILES string of the molecule is Cc1ccc(C)c(CCCCn2c3ccccc3c3ccccc32)c1CCCCn1c2ccccc2c2ccccc21.